The molecule has 4 rings (SSSR count). The van der Waals surface area contributed by atoms with Gasteiger partial charge in [-0.1, -0.05) is 43.3 Å². The van der Waals surface area contributed by atoms with E-state index in [1.165, 1.54) is 18.5 Å². The van der Waals surface area contributed by atoms with Crippen LogP contribution in [0.4, 0.5) is 10.4 Å². The van der Waals surface area contributed by atoms with Crippen LogP contribution in [0.5, 0.6) is 0 Å². The van der Waals surface area contributed by atoms with Crippen molar-refractivity contribution in [2.24, 2.45) is 5.92 Å². The van der Waals surface area contributed by atoms with Gasteiger partial charge in [-0.2, -0.15) is 4.98 Å². The molecule has 0 aliphatic carbocycles. The highest BCUT2D eigenvalue weighted by atomic mass is 19.1. The Morgan fingerprint density at radius 2 is 1.58 bits per heavy atom. The van der Waals surface area contributed by atoms with Crippen molar-refractivity contribution in [1.29, 1.82) is 0 Å². The van der Waals surface area contributed by atoms with Crippen molar-refractivity contribution in [2.75, 3.05) is 11.9 Å². The zero-order chi connectivity index (χ0) is 21.8. The topological polar surface area (TPSA) is 101 Å². The van der Waals surface area contributed by atoms with Gasteiger partial charge in [-0.3, -0.25) is 4.79 Å². The summed E-state index contributed by atoms with van der Waals surface area (Å²) in [7, 11) is 0. The molecule has 0 bridgehead atoms. The van der Waals surface area contributed by atoms with Crippen LogP contribution in [0.1, 0.15) is 6.92 Å². The lowest BCUT2D eigenvalue weighted by Crippen LogP contribution is -2.19. The lowest BCUT2D eigenvalue weighted by Gasteiger charge is -2.05. The zero-order valence-corrected chi connectivity index (χ0v) is 16.6. The summed E-state index contributed by atoms with van der Waals surface area (Å²) in [5.41, 5.74) is 3.85. The largest absolute Gasteiger partial charge is 0.481 e. The molecular weight excluding hydrogens is 399 g/mol. The van der Waals surface area contributed by atoms with E-state index < -0.39 is 11.9 Å². The van der Waals surface area contributed by atoms with Gasteiger partial charge in [0.1, 0.15) is 17.8 Å². The molecule has 0 spiro atoms. The van der Waals surface area contributed by atoms with Crippen molar-refractivity contribution in [2.45, 2.75) is 6.92 Å². The number of carboxylic acids is 1. The number of aliphatic carboxylic acids is 1. The number of nitrogens with one attached hydrogen (secondary N) is 1. The Morgan fingerprint density at radius 1 is 1.00 bits per heavy atom. The standard InChI is InChI=1S/C23H19FN4O3/c1-14(22(29)30)10-27-23-28-20(21(31-23)18-11-25-13-26-12-18)17-4-2-15(3-5-17)16-6-8-19(24)9-7-16/h2-9,11-14H,10H2,1H3,(H,27,28)(H,29,30). The second-order valence-corrected chi connectivity index (χ2v) is 7.03. The van der Waals surface area contributed by atoms with E-state index >= 15 is 0 Å². The van der Waals surface area contributed by atoms with Crippen molar-refractivity contribution in [3.8, 4) is 33.7 Å². The number of carboxylic acid groups (broad SMARTS) is 1. The van der Waals surface area contributed by atoms with Crippen LogP contribution in [0.3, 0.4) is 0 Å². The van der Waals surface area contributed by atoms with Gasteiger partial charge >= 0.3 is 5.97 Å². The lowest BCUT2D eigenvalue weighted by atomic mass is 10.0. The third-order valence-corrected chi connectivity index (χ3v) is 4.77. The second kappa shape index (κ2) is 8.74. The third-order valence-electron chi connectivity index (χ3n) is 4.77. The summed E-state index contributed by atoms with van der Waals surface area (Å²) in [6.07, 6.45) is 4.66. The first-order valence-corrected chi connectivity index (χ1v) is 9.60. The van der Waals surface area contributed by atoms with E-state index in [0.29, 0.717) is 17.0 Å². The van der Waals surface area contributed by atoms with Crippen LogP contribution in [-0.4, -0.2) is 32.6 Å². The Bertz CT molecular complexity index is 1180. The maximum Gasteiger partial charge on any atom is 0.308 e. The number of nitrogens with zero attached hydrogens (tertiary/aromatic N) is 3. The molecule has 156 valence electrons. The van der Waals surface area contributed by atoms with Crippen LogP contribution in [0.2, 0.25) is 0 Å². The van der Waals surface area contributed by atoms with Crippen molar-refractivity contribution in [3.05, 3.63) is 73.1 Å². The van der Waals surface area contributed by atoms with Crippen molar-refractivity contribution >= 4 is 12.0 Å². The summed E-state index contributed by atoms with van der Waals surface area (Å²) in [5.74, 6) is -1.32. The maximum absolute atomic E-state index is 13.2. The molecule has 2 N–H and O–H groups in total. The third kappa shape index (κ3) is 4.58. The zero-order valence-electron chi connectivity index (χ0n) is 16.6. The van der Waals surface area contributed by atoms with E-state index in [1.54, 1.807) is 31.5 Å². The highest BCUT2D eigenvalue weighted by molar-refractivity contribution is 5.79. The summed E-state index contributed by atoms with van der Waals surface area (Å²) < 4.78 is 19.1. The molecule has 1 unspecified atom stereocenters. The molecule has 1 atom stereocenters. The predicted molar refractivity (Wildman–Crippen MR) is 114 cm³/mol. The normalized spacial score (nSPS) is 11.8. The Kier molecular flexibility index (Phi) is 5.70. The first-order chi connectivity index (χ1) is 15.0. The Morgan fingerprint density at radius 3 is 2.19 bits per heavy atom. The van der Waals surface area contributed by atoms with Crippen LogP contribution in [0.15, 0.2) is 71.7 Å². The molecule has 0 aliphatic heterocycles. The number of rotatable bonds is 7. The fraction of sp³-hybridized carbons (Fsp3) is 0.130. The van der Waals surface area contributed by atoms with Crippen LogP contribution >= 0.6 is 0 Å². The summed E-state index contributed by atoms with van der Waals surface area (Å²) in [6.45, 7) is 1.77. The summed E-state index contributed by atoms with van der Waals surface area (Å²) in [4.78, 5) is 23.7. The fourth-order valence-electron chi connectivity index (χ4n) is 2.99. The maximum atomic E-state index is 13.2. The number of carbonyl (C=O) groups is 1. The Labute approximate surface area is 177 Å². The van der Waals surface area contributed by atoms with Gasteiger partial charge in [-0.05, 0) is 23.3 Å². The van der Waals surface area contributed by atoms with Gasteiger partial charge in [-0.25, -0.2) is 14.4 Å². The van der Waals surface area contributed by atoms with E-state index in [4.69, 9.17) is 9.52 Å². The van der Waals surface area contributed by atoms with Gasteiger partial charge in [-0.15, -0.1) is 0 Å². The molecule has 2 aromatic carbocycles. The number of hydrogen-bond donors (Lipinski definition) is 2. The smallest absolute Gasteiger partial charge is 0.308 e. The van der Waals surface area contributed by atoms with Crippen LogP contribution in [0, 0.1) is 11.7 Å². The minimum atomic E-state index is -0.910. The summed E-state index contributed by atoms with van der Waals surface area (Å²) in [5, 5.41) is 12.0. The first-order valence-electron chi connectivity index (χ1n) is 9.60. The molecule has 31 heavy (non-hydrogen) atoms. The van der Waals surface area contributed by atoms with E-state index in [1.807, 2.05) is 24.3 Å². The molecule has 8 heteroatoms. The molecule has 7 nitrogen and oxygen atoms in total. The van der Waals surface area contributed by atoms with E-state index in [9.17, 15) is 9.18 Å². The molecule has 0 amide bonds. The van der Waals surface area contributed by atoms with Crippen LogP contribution in [0.25, 0.3) is 33.7 Å². The van der Waals surface area contributed by atoms with Crippen LogP contribution < -0.4 is 5.32 Å². The van der Waals surface area contributed by atoms with Gasteiger partial charge in [0.2, 0.25) is 0 Å². The summed E-state index contributed by atoms with van der Waals surface area (Å²) in [6, 6.07) is 14.1. The van der Waals surface area contributed by atoms with Gasteiger partial charge in [0.15, 0.2) is 5.76 Å². The lowest BCUT2D eigenvalue weighted by molar-refractivity contribution is -0.140. The molecule has 0 radical (unpaired) electrons. The molecule has 0 saturated heterocycles. The Hall–Kier alpha value is -4.07. The van der Waals surface area contributed by atoms with Crippen molar-refractivity contribution in [3.63, 3.8) is 0 Å². The van der Waals surface area contributed by atoms with Crippen molar-refractivity contribution < 1.29 is 18.7 Å². The molecule has 4 aromatic rings. The minimum Gasteiger partial charge on any atom is -0.481 e. The highest BCUT2D eigenvalue weighted by Gasteiger charge is 2.19. The Balaban J connectivity index is 1.67. The van der Waals surface area contributed by atoms with Gasteiger partial charge in [0.05, 0.1) is 11.5 Å². The average Bonchev–Trinajstić information content (AvgIpc) is 3.23. The number of oxazole rings is 1. The molecule has 2 heterocycles. The number of anilines is 1. The average molecular weight is 418 g/mol. The van der Waals surface area contributed by atoms with E-state index in [-0.39, 0.29) is 18.4 Å². The molecule has 2 aromatic heterocycles. The van der Waals surface area contributed by atoms with E-state index in [0.717, 1.165) is 16.7 Å². The number of hydrogen-bond acceptors (Lipinski definition) is 6. The monoisotopic (exact) mass is 418 g/mol. The van der Waals surface area contributed by atoms with Gasteiger partial charge in [0, 0.05) is 24.5 Å². The second-order valence-electron chi connectivity index (χ2n) is 7.03. The van der Waals surface area contributed by atoms with E-state index in [2.05, 4.69) is 20.3 Å². The SMILES string of the molecule is CC(CNc1nc(-c2ccc(-c3ccc(F)cc3)cc2)c(-c2cncnc2)o1)C(=O)O. The molecule has 0 fully saturated rings. The number of benzene rings is 2. The number of aromatic nitrogens is 3. The molecule has 0 saturated carbocycles. The highest BCUT2D eigenvalue weighted by Crippen LogP contribution is 2.34. The predicted octanol–water partition coefficient (Wildman–Crippen LogP) is 4.74. The quantitative estimate of drug-likeness (QED) is 0.447. The van der Waals surface area contributed by atoms with Crippen molar-refractivity contribution in [1.82, 2.24) is 15.0 Å². The summed E-state index contributed by atoms with van der Waals surface area (Å²) >= 11 is 0. The molecule has 0 aliphatic rings. The van der Waals surface area contributed by atoms with Gasteiger partial charge < -0.3 is 14.8 Å². The molecular formula is C23H19FN4O3. The number of halogens is 1. The van der Waals surface area contributed by atoms with Crippen LogP contribution in [-0.2, 0) is 4.79 Å². The van der Waals surface area contributed by atoms with Gasteiger partial charge in [0.25, 0.3) is 6.01 Å². The fourth-order valence-corrected chi connectivity index (χ4v) is 2.99. The minimum absolute atomic E-state index is 0.170. The first kappa shape index (κ1) is 20.2.